The molecule has 0 spiro atoms. The number of likely N-dealkylation sites (N-methyl/N-ethyl adjacent to an activating group) is 1. The fraction of sp³-hybridized carbons (Fsp3) is 0.444. The van der Waals surface area contributed by atoms with Crippen LogP contribution >= 0.6 is 0 Å². The van der Waals surface area contributed by atoms with E-state index in [0.717, 1.165) is 0 Å². The number of amides is 3. The van der Waals surface area contributed by atoms with Crippen LogP contribution in [-0.4, -0.2) is 54.3 Å². The summed E-state index contributed by atoms with van der Waals surface area (Å²) in [5.74, 6) is -1.67. The number of ether oxygens (including phenoxy) is 1. The highest BCUT2D eigenvalue weighted by Crippen LogP contribution is 2.10. The summed E-state index contributed by atoms with van der Waals surface area (Å²) < 4.78 is 4.97. The molecule has 1 aromatic rings. The third kappa shape index (κ3) is 7.78. The minimum atomic E-state index is -0.666. The number of benzene rings is 1. The summed E-state index contributed by atoms with van der Waals surface area (Å²) >= 11 is 0. The van der Waals surface area contributed by atoms with Gasteiger partial charge >= 0.3 is 5.97 Å². The fourth-order valence-corrected chi connectivity index (χ4v) is 1.98. The molecule has 26 heavy (non-hydrogen) atoms. The van der Waals surface area contributed by atoms with Crippen molar-refractivity contribution >= 4 is 29.4 Å². The maximum atomic E-state index is 12.0. The van der Waals surface area contributed by atoms with Crippen LogP contribution in [0.15, 0.2) is 24.3 Å². The van der Waals surface area contributed by atoms with Crippen LogP contribution in [0.5, 0.6) is 0 Å². The second-order valence-electron chi connectivity index (χ2n) is 6.88. The SMILES string of the molecule is CC(=O)Nc1ccc(C(=O)OCC(=O)N(C)CC(=O)NC(C)(C)C)cc1. The van der Waals surface area contributed by atoms with Crippen molar-refractivity contribution in [3.05, 3.63) is 29.8 Å². The van der Waals surface area contributed by atoms with E-state index in [-0.39, 0.29) is 23.9 Å². The predicted molar refractivity (Wildman–Crippen MR) is 96.6 cm³/mol. The molecule has 0 fully saturated rings. The lowest BCUT2D eigenvalue weighted by atomic mass is 10.1. The number of hydrogen-bond acceptors (Lipinski definition) is 5. The van der Waals surface area contributed by atoms with Crippen LogP contribution in [0.2, 0.25) is 0 Å². The summed E-state index contributed by atoms with van der Waals surface area (Å²) in [5, 5.41) is 5.32. The molecule has 142 valence electrons. The van der Waals surface area contributed by atoms with E-state index in [1.807, 2.05) is 20.8 Å². The summed E-state index contributed by atoms with van der Waals surface area (Å²) in [6.07, 6.45) is 0. The van der Waals surface area contributed by atoms with Gasteiger partial charge in [-0.25, -0.2) is 4.79 Å². The number of carbonyl (C=O) groups excluding carboxylic acids is 4. The molecular weight excluding hydrogens is 338 g/mol. The van der Waals surface area contributed by atoms with Gasteiger partial charge in [0.25, 0.3) is 5.91 Å². The summed E-state index contributed by atoms with van der Waals surface area (Å²) in [6.45, 7) is 6.31. The number of carbonyl (C=O) groups is 4. The summed E-state index contributed by atoms with van der Waals surface area (Å²) in [4.78, 5) is 47.9. The van der Waals surface area contributed by atoms with Gasteiger partial charge in [0.15, 0.2) is 6.61 Å². The van der Waals surface area contributed by atoms with E-state index in [2.05, 4.69) is 10.6 Å². The van der Waals surface area contributed by atoms with Gasteiger partial charge in [0.05, 0.1) is 12.1 Å². The van der Waals surface area contributed by atoms with Gasteiger partial charge in [0.2, 0.25) is 11.8 Å². The first kappa shape index (κ1) is 21.1. The first-order chi connectivity index (χ1) is 12.0. The molecule has 0 aliphatic carbocycles. The zero-order valence-electron chi connectivity index (χ0n) is 15.7. The van der Waals surface area contributed by atoms with Crippen molar-refractivity contribution in [1.82, 2.24) is 10.2 Å². The Morgan fingerprint density at radius 3 is 2.15 bits per heavy atom. The first-order valence-corrected chi connectivity index (χ1v) is 8.07. The van der Waals surface area contributed by atoms with E-state index in [4.69, 9.17) is 4.74 Å². The van der Waals surface area contributed by atoms with Crippen molar-refractivity contribution in [2.75, 3.05) is 25.5 Å². The molecule has 8 nitrogen and oxygen atoms in total. The minimum Gasteiger partial charge on any atom is -0.452 e. The molecule has 3 amide bonds. The van der Waals surface area contributed by atoms with Crippen molar-refractivity contribution in [2.45, 2.75) is 33.2 Å². The van der Waals surface area contributed by atoms with Crippen LogP contribution in [0.3, 0.4) is 0 Å². The highest BCUT2D eigenvalue weighted by Gasteiger charge is 2.19. The molecule has 0 atom stereocenters. The van der Waals surface area contributed by atoms with Crippen LogP contribution in [0, 0.1) is 0 Å². The van der Waals surface area contributed by atoms with Crippen molar-refractivity contribution in [3.8, 4) is 0 Å². The normalized spacial score (nSPS) is 10.7. The third-order valence-corrected chi connectivity index (χ3v) is 3.09. The van der Waals surface area contributed by atoms with Crippen LogP contribution in [0.4, 0.5) is 5.69 Å². The molecule has 1 aromatic carbocycles. The van der Waals surface area contributed by atoms with E-state index in [1.165, 1.54) is 31.0 Å². The number of hydrogen-bond donors (Lipinski definition) is 2. The Labute approximate surface area is 152 Å². The van der Waals surface area contributed by atoms with Gasteiger partial charge in [-0.3, -0.25) is 14.4 Å². The summed E-state index contributed by atoms with van der Waals surface area (Å²) in [6, 6.07) is 6.09. The third-order valence-electron chi connectivity index (χ3n) is 3.09. The molecular formula is C18H25N3O5. The highest BCUT2D eigenvalue weighted by atomic mass is 16.5. The van der Waals surface area contributed by atoms with Gasteiger partial charge in [-0.2, -0.15) is 0 Å². The van der Waals surface area contributed by atoms with E-state index in [0.29, 0.717) is 5.69 Å². The van der Waals surface area contributed by atoms with Crippen LogP contribution in [0.1, 0.15) is 38.1 Å². The Bertz CT molecular complexity index is 677. The molecule has 0 saturated heterocycles. The van der Waals surface area contributed by atoms with Crippen molar-refractivity contribution in [3.63, 3.8) is 0 Å². The van der Waals surface area contributed by atoms with E-state index >= 15 is 0 Å². The van der Waals surface area contributed by atoms with E-state index in [1.54, 1.807) is 12.1 Å². The van der Waals surface area contributed by atoms with Crippen LogP contribution in [0.25, 0.3) is 0 Å². The molecule has 0 bridgehead atoms. The Hall–Kier alpha value is -2.90. The number of nitrogens with one attached hydrogen (secondary N) is 2. The Balaban J connectivity index is 2.49. The molecule has 8 heteroatoms. The van der Waals surface area contributed by atoms with E-state index < -0.39 is 24.0 Å². The van der Waals surface area contributed by atoms with Gasteiger partial charge < -0.3 is 20.3 Å². The molecule has 0 heterocycles. The number of rotatable bonds is 6. The molecule has 0 aliphatic heterocycles. The zero-order valence-corrected chi connectivity index (χ0v) is 15.7. The van der Waals surface area contributed by atoms with Gasteiger partial charge in [0, 0.05) is 25.2 Å². The highest BCUT2D eigenvalue weighted by molar-refractivity contribution is 5.93. The maximum absolute atomic E-state index is 12.0. The van der Waals surface area contributed by atoms with Crippen LogP contribution < -0.4 is 10.6 Å². The second kappa shape index (κ2) is 8.98. The molecule has 0 saturated carbocycles. The smallest absolute Gasteiger partial charge is 0.338 e. The standard InChI is InChI=1S/C18H25N3O5/c1-12(22)19-14-8-6-13(7-9-14)17(25)26-11-16(24)21(5)10-15(23)20-18(2,3)4/h6-9H,10-11H2,1-5H3,(H,19,22)(H,20,23). The Kier molecular flexibility index (Phi) is 7.30. The van der Waals surface area contributed by atoms with Crippen LogP contribution in [-0.2, 0) is 19.1 Å². The van der Waals surface area contributed by atoms with Gasteiger partial charge in [0.1, 0.15) is 0 Å². The van der Waals surface area contributed by atoms with Gasteiger partial charge in [-0.15, -0.1) is 0 Å². The van der Waals surface area contributed by atoms with E-state index in [9.17, 15) is 19.2 Å². The molecule has 2 N–H and O–H groups in total. The Morgan fingerprint density at radius 1 is 1.08 bits per heavy atom. The monoisotopic (exact) mass is 363 g/mol. The van der Waals surface area contributed by atoms with Crippen molar-refractivity contribution < 1.29 is 23.9 Å². The lowest BCUT2D eigenvalue weighted by molar-refractivity contribution is -0.137. The molecule has 1 rings (SSSR count). The molecule has 0 unspecified atom stereocenters. The summed E-state index contributed by atoms with van der Waals surface area (Å²) in [7, 11) is 1.46. The average molecular weight is 363 g/mol. The minimum absolute atomic E-state index is 0.126. The number of anilines is 1. The first-order valence-electron chi connectivity index (χ1n) is 8.07. The largest absolute Gasteiger partial charge is 0.452 e. The van der Waals surface area contributed by atoms with Gasteiger partial charge in [-0.05, 0) is 45.0 Å². The quantitative estimate of drug-likeness (QED) is 0.739. The Morgan fingerprint density at radius 2 is 1.65 bits per heavy atom. The molecule has 0 aliphatic rings. The van der Waals surface area contributed by atoms with Gasteiger partial charge in [-0.1, -0.05) is 0 Å². The second-order valence-corrected chi connectivity index (χ2v) is 6.88. The topological polar surface area (TPSA) is 105 Å². The van der Waals surface area contributed by atoms with Crippen molar-refractivity contribution in [2.24, 2.45) is 0 Å². The predicted octanol–water partition coefficient (Wildman–Crippen LogP) is 1.17. The number of esters is 1. The molecule has 0 radical (unpaired) electrons. The average Bonchev–Trinajstić information content (AvgIpc) is 2.50. The lowest BCUT2D eigenvalue weighted by Gasteiger charge is -2.23. The summed E-state index contributed by atoms with van der Waals surface area (Å²) in [5.41, 5.74) is 0.409. The fourth-order valence-electron chi connectivity index (χ4n) is 1.98. The van der Waals surface area contributed by atoms with Crippen molar-refractivity contribution in [1.29, 1.82) is 0 Å². The number of nitrogens with zero attached hydrogens (tertiary/aromatic N) is 1. The zero-order chi connectivity index (χ0) is 19.9. The molecule has 0 aromatic heterocycles. The lowest BCUT2D eigenvalue weighted by Crippen LogP contribution is -2.46. The maximum Gasteiger partial charge on any atom is 0.338 e.